The van der Waals surface area contributed by atoms with Crippen LogP contribution in [-0.4, -0.2) is 11.1 Å². The molecule has 0 spiro atoms. The van der Waals surface area contributed by atoms with E-state index in [1.54, 1.807) is 0 Å². The van der Waals surface area contributed by atoms with E-state index in [2.05, 4.69) is 4.94 Å². The first-order valence-electron chi connectivity index (χ1n) is 4.86. The maximum absolute atomic E-state index is 11.6. The summed E-state index contributed by atoms with van der Waals surface area (Å²) in [6, 6.07) is 17.5. The number of carboxylic acid groups (broad SMARTS) is 1. The van der Waals surface area contributed by atoms with Gasteiger partial charge in [0.05, 0.1) is 0 Å². The van der Waals surface area contributed by atoms with E-state index in [4.69, 9.17) is 5.11 Å². The Morgan fingerprint density at radius 1 is 0.941 bits per heavy atom. The molecule has 0 unspecified atom stereocenters. The van der Waals surface area contributed by atoms with Gasteiger partial charge in [-0.05, 0) is 12.1 Å². The van der Waals surface area contributed by atoms with Gasteiger partial charge in [0.2, 0.25) is 0 Å². The van der Waals surface area contributed by atoms with Crippen molar-refractivity contribution in [1.82, 2.24) is 0 Å². The van der Waals surface area contributed by atoms with Crippen LogP contribution < -0.4 is 4.94 Å². The SMILES string of the molecule is O=C(O)c1ccccc1OF.c1ccccc1. The molecule has 88 valence electrons. The molecule has 0 heterocycles. The average Bonchev–Trinajstić information content (AvgIpc) is 2.41. The second-order valence-electron chi connectivity index (χ2n) is 3.03. The molecule has 0 fully saturated rings. The molecule has 0 saturated carbocycles. The number of carbonyl (C=O) groups is 1. The minimum absolute atomic E-state index is 0.185. The van der Waals surface area contributed by atoms with Gasteiger partial charge < -0.3 is 5.11 Å². The van der Waals surface area contributed by atoms with Crippen molar-refractivity contribution >= 4 is 5.97 Å². The highest BCUT2D eigenvalue weighted by atomic mass is 19.3. The van der Waals surface area contributed by atoms with E-state index < -0.39 is 5.97 Å². The van der Waals surface area contributed by atoms with Crippen LogP contribution >= 0.6 is 0 Å². The summed E-state index contributed by atoms with van der Waals surface area (Å²) in [6.45, 7) is 0. The summed E-state index contributed by atoms with van der Waals surface area (Å²) in [7, 11) is 0. The predicted octanol–water partition coefficient (Wildman–Crippen LogP) is 3.33. The second kappa shape index (κ2) is 7.00. The number of halogens is 1. The third-order valence-corrected chi connectivity index (χ3v) is 1.87. The van der Waals surface area contributed by atoms with Gasteiger partial charge in [0.25, 0.3) is 0 Å². The summed E-state index contributed by atoms with van der Waals surface area (Å²) in [5, 5.41) is 8.45. The van der Waals surface area contributed by atoms with Crippen molar-refractivity contribution in [2.24, 2.45) is 0 Å². The van der Waals surface area contributed by atoms with Crippen LogP contribution in [0.2, 0.25) is 0 Å². The van der Waals surface area contributed by atoms with Crippen LogP contribution in [0, 0.1) is 0 Å². The zero-order valence-electron chi connectivity index (χ0n) is 8.92. The predicted molar refractivity (Wildman–Crippen MR) is 61.6 cm³/mol. The molecule has 0 amide bonds. The van der Waals surface area contributed by atoms with Crippen molar-refractivity contribution < 1.29 is 19.4 Å². The third kappa shape index (κ3) is 4.34. The Labute approximate surface area is 98.0 Å². The summed E-state index contributed by atoms with van der Waals surface area (Å²) in [5.74, 6) is -1.49. The molecular weight excluding hydrogens is 223 g/mol. The Morgan fingerprint density at radius 3 is 1.76 bits per heavy atom. The lowest BCUT2D eigenvalue weighted by molar-refractivity contribution is -0.00781. The van der Waals surface area contributed by atoms with Gasteiger partial charge in [-0.1, -0.05) is 48.5 Å². The number of para-hydroxylation sites is 1. The zero-order valence-corrected chi connectivity index (χ0v) is 8.92. The van der Waals surface area contributed by atoms with E-state index in [0.717, 1.165) is 0 Å². The van der Waals surface area contributed by atoms with Crippen molar-refractivity contribution in [2.75, 3.05) is 0 Å². The summed E-state index contributed by atoms with van der Waals surface area (Å²) in [6.07, 6.45) is 0. The van der Waals surface area contributed by atoms with Crippen LogP contribution in [0.5, 0.6) is 5.75 Å². The largest absolute Gasteiger partial charge is 0.478 e. The van der Waals surface area contributed by atoms with Crippen LogP contribution in [0.25, 0.3) is 0 Å². The summed E-state index contributed by atoms with van der Waals surface area (Å²) < 4.78 is 11.6. The number of aromatic carboxylic acids is 1. The number of hydrogen-bond donors (Lipinski definition) is 1. The molecule has 0 radical (unpaired) electrons. The van der Waals surface area contributed by atoms with Crippen LogP contribution in [0.15, 0.2) is 60.7 Å². The van der Waals surface area contributed by atoms with Gasteiger partial charge in [-0.15, -0.1) is 0 Å². The normalized spacial score (nSPS) is 8.76. The lowest BCUT2D eigenvalue weighted by Gasteiger charge is -1.97. The molecule has 0 aliphatic carbocycles. The van der Waals surface area contributed by atoms with Crippen LogP contribution in [-0.2, 0) is 0 Å². The molecule has 2 rings (SSSR count). The fourth-order valence-corrected chi connectivity index (χ4v) is 1.10. The van der Waals surface area contributed by atoms with Crippen molar-refractivity contribution in [3.63, 3.8) is 0 Å². The topological polar surface area (TPSA) is 46.5 Å². The number of rotatable bonds is 2. The smallest absolute Gasteiger partial charge is 0.339 e. The van der Waals surface area contributed by atoms with Gasteiger partial charge in [0.15, 0.2) is 5.75 Å². The van der Waals surface area contributed by atoms with Gasteiger partial charge in [-0.3, -0.25) is 4.94 Å². The van der Waals surface area contributed by atoms with Crippen molar-refractivity contribution in [2.45, 2.75) is 0 Å². The molecule has 17 heavy (non-hydrogen) atoms. The molecular formula is C13H11FO3. The molecule has 0 aliphatic heterocycles. The lowest BCUT2D eigenvalue weighted by atomic mass is 10.2. The monoisotopic (exact) mass is 234 g/mol. The molecule has 3 nitrogen and oxygen atoms in total. The molecule has 0 atom stereocenters. The van der Waals surface area contributed by atoms with Crippen molar-refractivity contribution in [3.05, 3.63) is 66.2 Å². The average molecular weight is 234 g/mol. The van der Waals surface area contributed by atoms with Gasteiger partial charge >= 0.3 is 5.97 Å². The first kappa shape index (κ1) is 12.7. The Morgan fingerprint density at radius 2 is 1.41 bits per heavy atom. The molecule has 1 N–H and O–H groups in total. The summed E-state index contributed by atoms with van der Waals surface area (Å²) in [5.41, 5.74) is -0.185. The maximum Gasteiger partial charge on any atom is 0.339 e. The van der Waals surface area contributed by atoms with Gasteiger partial charge in [-0.25, -0.2) is 4.79 Å². The number of benzene rings is 2. The standard InChI is InChI=1S/C7H5FO3.C6H6/c8-11-6-4-2-1-3-5(6)7(9)10;1-2-4-6-5-3-1/h1-4H,(H,9,10);1-6H. The fourth-order valence-electron chi connectivity index (χ4n) is 1.10. The van der Waals surface area contributed by atoms with Gasteiger partial charge in [0, 0.05) is 4.53 Å². The third-order valence-electron chi connectivity index (χ3n) is 1.87. The maximum atomic E-state index is 11.6. The molecule has 4 heteroatoms. The van der Waals surface area contributed by atoms with Crippen LogP contribution in [0.3, 0.4) is 0 Å². The Bertz CT molecular complexity index is 431. The Hall–Kier alpha value is -2.36. The lowest BCUT2D eigenvalue weighted by Crippen LogP contribution is -1.97. The van der Waals surface area contributed by atoms with E-state index in [0.29, 0.717) is 0 Å². The molecule has 0 saturated heterocycles. The van der Waals surface area contributed by atoms with E-state index >= 15 is 0 Å². The summed E-state index contributed by atoms with van der Waals surface area (Å²) >= 11 is 0. The minimum Gasteiger partial charge on any atom is -0.478 e. The zero-order chi connectivity index (χ0) is 12.5. The van der Waals surface area contributed by atoms with Crippen LogP contribution in [0.1, 0.15) is 10.4 Å². The van der Waals surface area contributed by atoms with Crippen LogP contribution in [0.4, 0.5) is 4.53 Å². The molecule has 0 aromatic heterocycles. The second-order valence-corrected chi connectivity index (χ2v) is 3.03. The van der Waals surface area contributed by atoms with E-state index in [-0.39, 0.29) is 11.3 Å². The first-order chi connectivity index (χ1) is 8.25. The fraction of sp³-hybridized carbons (Fsp3) is 0. The Kier molecular flexibility index (Phi) is 5.24. The van der Waals surface area contributed by atoms with Gasteiger partial charge in [0.1, 0.15) is 5.56 Å². The Balaban J connectivity index is 0.000000202. The van der Waals surface area contributed by atoms with E-state index in [9.17, 15) is 9.32 Å². The molecule has 2 aromatic rings. The number of hydrogen-bond acceptors (Lipinski definition) is 2. The highest BCUT2D eigenvalue weighted by Crippen LogP contribution is 2.17. The summed E-state index contributed by atoms with van der Waals surface area (Å²) in [4.78, 5) is 13.7. The first-order valence-corrected chi connectivity index (χ1v) is 4.86. The van der Waals surface area contributed by atoms with Crippen molar-refractivity contribution in [1.29, 1.82) is 0 Å². The molecule has 2 aromatic carbocycles. The van der Waals surface area contributed by atoms with Crippen molar-refractivity contribution in [3.8, 4) is 5.75 Å². The highest BCUT2D eigenvalue weighted by molar-refractivity contribution is 5.90. The minimum atomic E-state index is -1.21. The quantitative estimate of drug-likeness (QED) is 0.866. The van der Waals surface area contributed by atoms with E-state index in [1.165, 1.54) is 24.3 Å². The number of carboxylic acids is 1. The molecule has 0 aliphatic rings. The van der Waals surface area contributed by atoms with E-state index in [1.807, 2.05) is 36.4 Å². The van der Waals surface area contributed by atoms with Gasteiger partial charge in [-0.2, -0.15) is 0 Å². The molecule has 0 bridgehead atoms. The highest BCUT2D eigenvalue weighted by Gasteiger charge is 2.09.